The number of aryl methyl sites for hydroxylation is 1. The van der Waals surface area contributed by atoms with Gasteiger partial charge < -0.3 is 10.2 Å². The van der Waals surface area contributed by atoms with Crippen LogP contribution in [0.1, 0.15) is 43.3 Å². The van der Waals surface area contributed by atoms with E-state index in [1.165, 1.54) is 31.4 Å². The summed E-state index contributed by atoms with van der Waals surface area (Å²) in [6, 6.07) is 2.13. The SMILES string of the molecule is CCN(Cc1cc(C)c(CN)o1)CC1CCC1. The third-order valence-electron chi connectivity index (χ3n) is 3.82. The highest BCUT2D eigenvalue weighted by atomic mass is 16.3. The fourth-order valence-corrected chi connectivity index (χ4v) is 2.44. The maximum Gasteiger partial charge on any atom is 0.120 e. The standard InChI is InChI=1S/C14H24N2O/c1-3-16(9-12-5-4-6-12)10-13-7-11(2)14(8-15)17-13/h7,12H,3-6,8-10,15H2,1-2H3. The Bertz CT molecular complexity index is 355. The van der Waals surface area contributed by atoms with Gasteiger partial charge in [0.2, 0.25) is 0 Å². The first kappa shape index (κ1) is 12.7. The number of nitrogens with two attached hydrogens (primary N) is 1. The minimum atomic E-state index is 0.501. The highest BCUT2D eigenvalue weighted by Gasteiger charge is 2.20. The van der Waals surface area contributed by atoms with E-state index in [9.17, 15) is 0 Å². The van der Waals surface area contributed by atoms with Gasteiger partial charge in [0.15, 0.2) is 0 Å². The van der Waals surface area contributed by atoms with Gasteiger partial charge in [-0.15, -0.1) is 0 Å². The molecule has 0 aromatic carbocycles. The molecular weight excluding hydrogens is 212 g/mol. The van der Waals surface area contributed by atoms with Crippen LogP contribution in [0, 0.1) is 12.8 Å². The van der Waals surface area contributed by atoms with Crippen molar-refractivity contribution < 1.29 is 4.42 Å². The van der Waals surface area contributed by atoms with Gasteiger partial charge in [-0.1, -0.05) is 13.3 Å². The van der Waals surface area contributed by atoms with E-state index in [2.05, 4.69) is 24.8 Å². The average molecular weight is 236 g/mol. The Morgan fingerprint density at radius 3 is 2.71 bits per heavy atom. The molecule has 1 aromatic heterocycles. The van der Waals surface area contributed by atoms with Gasteiger partial charge in [-0.3, -0.25) is 4.90 Å². The van der Waals surface area contributed by atoms with E-state index in [4.69, 9.17) is 10.2 Å². The average Bonchev–Trinajstić information content (AvgIpc) is 2.62. The van der Waals surface area contributed by atoms with Crippen LogP contribution in [0.15, 0.2) is 10.5 Å². The second-order valence-corrected chi connectivity index (χ2v) is 5.15. The van der Waals surface area contributed by atoms with Crippen LogP contribution in [0.5, 0.6) is 0 Å². The molecule has 1 aliphatic rings. The highest BCUT2D eigenvalue weighted by molar-refractivity contribution is 5.19. The van der Waals surface area contributed by atoms with E-state index in [0.717, 1.165) is 30.5 Å². The molecule has 0 atom stereocenters. The monoisotopic (exact) mass is 236 g/mol. The van der Waals surface area contributed by atoms with Crippen molar-refractivity contribution in [2.24, 2.45) is 11.7 Å². The largest absolute Gasteiger partial charge is 0.463 e. The van der Waals surface area contributed by atoms with Crippen LogP contribution in [0.2, 0.25) is 0 Å². The summed E-state index contributed by atoms with van der Waals surface area (Å²) in [6.07, 6.45) is 4.23. The van der Waals surface area contributed by atoms with Crippen molar-refractivity contribution in [1.29, 1.82) is 0 Å². The van der Waals surface area contributed by atoms with Gasteiger partial charge in [0.25, 0.3) is 0 Å². The molecule has 0 unspecified atom stereocenters. The molecule has 1 saturated carbocycles. The van der Waals surface area contributed by atoms with Gasteiger partial charge in [-0.25, -0.2) is 0 Å². The number of hydrogen-bond donors (Lipinski definition) is 1. The summed E-state index contributed by atoms with van der Waals surface area (Å²) in [4.78, 5) is 2.47. The Hall–Kier alpha value is -0.800. The van der Waals surface area contributed by atoms with Gasteiger partial charge >= 0.3 is 0 Å². The van der Waals surface area contributed by atoms with Crippen molar-refractivity contribution in [2.75, 3.05) is 13.1 Å². The molecule has 1 aliphatic carbocycles. The smallest absolute Gasteiger partial charge is 0.120 e. The lowest BCUT2D eigenvalue weighted by Crippen LogP contribution is -2.31. The normalized spacial score (nSPS) is 16.5. The highest BCUT2D eigenvalue weighted by Crippen LogP contribution is 2.27. The van der Waals surface area contributed by atoms with E-state index in [1.54, 1.807) is 0 Å². The van der Waals surface area contributed by atoms with Crippen molar-refractivity contribution >= 4 is 0 Å². The summed E-state index contributed by atoms with van der Waals surface area (Å²) in [6.45, 7) is 8.02. The molecular formula is C14H24N2O. The van der Waals surface area contributed by atoms with Crippen molar-refractivity contribution in [3.8, 4) is 0 Å². The molecule has 3 heteroatoms. The van der Waals surface area contributed by atoms with Gasteiger partial charge in [-0.05, 0) is 43.9 Å². The molecule has 0 spiro atoms. The van der Waals surface area contributed by atoms with Crippen molar-refractivity contribution in [3.05, 3.63) is 23.2 Å². The molecule has 96 valence electrons. The Labute approximate surface area is 104 Å². The molecule has 1 aromatic rings. The van der Waals surface area contributed by atoms with Gasteiger partial charge in [0.1, 0.15) is 11.5 Å². The van der Waals surface area contributed by atoms with Crippen LogP contribution in [0.25, 0.3) is 0 Å². The maximum atomic E-state index is 5.76. The first-order chi connectivity index (χ1) is 8.22. The van der Waals surface area contributed by atoms with Gasteiger partial charge in [-0.2, -0.15) is 0 Å². The molecule has 0 amide bonds. The predicted octanol–water partition coefficient (Wildman–Crippen LogP) is 2.67. The Morgan fingerprint density at radius 2 is 2.24 bits per heavy atom. The van der Waals surface area contributed by atoms with Crippen LogP contribution in [0.3, 0.4) is 0 Å². The van der Waals surface area contributed by atoms with Crippen LogP contribution in [-0.2, 0) is 13.1 Å². The molecule has 2 rings (SSSR count). The summed E-state index contributed by atoms with van der Waals surface area (Å²) in [5.74, 6) is 2.91. The van der Waals surface area contributed by atoms with E-state index < -0.39 is 0 Å². The minimum absolute atomic E-state index is 0.501. The van der Waals surface area contributed by atoms with E-state index in [-0.39, 0.29) is 0 Å². The minimum Gasteiger partial charge on any atom is -0.463 e. The first-order valence-electron chi connectivity index (χ1n) is 6.73. The summed E-state index contributed by atoms with van der Waals surface area (Å²) in [5.41, 5.74) is 6.81. The van der Waals surface area contributed by atoms with E-state index in [0.29, 0.717) is 6.54 Å². The lowest BCUT2D eigenvalue weighted by Gasteiger charge is -2.31. The Morgan fingerprint density at radius 1 is 1.47 bits per heavy atom. The summed E-state index contributed by atoms with van der Waals surface area (Å²) in [7, 11) is 0. The number of rotatable bonds is 6. The number of furan rings is 1. The molecule has 2 N–H and O–H groups in total. The zero-order chi connectivity index (χ0) is 12.3. The molecule has 0 aliphatic heterocycles. The summed E-state index contributed by atoms with van der Waals surface area (Å²) >= 11 is 0. The molecule has 17 heavy (non-hydrogen) atoms. The van der Waals surface area contributed by atoms with Crippen LogP contribution in [-0.4, -0.2) is 18.0 Å². The lowest BCUT2D eigenvalue weighted by molar-refractivity contribution is 0.168. The lowest BCUT2D eigenvalue weighted by atomic mass is 9.85. The third-order valence-corrected chi connectivity index (χ3v) is 3.82. The molecule has 1 fully saturated rings. The number of nitrogens with zero attached hydrogens (tertiary/aromatic N) is 1. The van der Waals surface area contributed by atoms with E-state index >= 15 is 0 Å². The Kier molecular flexibility index (Phi) is 4.24. The first-order valence-corrected chi connectivity index (χ1v) is 6.73. The number of hydrogen-bond acceptors (Lipinski definition) is 3. The van der Waals surface area contributed by atoms with E-state index in [1.807, 2.05) is 0 Å². The van der Waals surface area contributed by atoms with Crippen molar-refractivity contribution in [2.45, 2.75) is 46.2 Å². The zero-order valence-electron chi connectivity index (χ0n) is 11.0. The fourth-order valence-electron chi connectivity index (χ4n) is 2.44. The Balaban J connectivity index is 1.91. The van der Waals surface area contributed by atoms with Crippen LogP contribution >= 0.6 is 0 Å². The van der Waals surface area contributed by atoms with Gasteiger partial charge in [0, 0.05) is 6.54 Å². The maximum absolute atomic E-state index is 5.76. The molecule has 1 heterocycles. The fraction of sp³-hybridized carbons (Fsp3) is 0.714. The molecule has 0 saturated heterocycles. The molecule has 3 nitrogen and oxygen atoms in total. The molecule has 0 bridgehead atoms. The second-order valence-electron chi connectivity index (χ2n) is 5.15. The van der Waals surface area contributed by atoms with Gasteiger partial charge in [0.05, 0.1) is 13.1 Å². The van der Waals surface area contributed by atoms with Crippen LogP contribution in [0.4, 0.5) is 0 Å². The molecule has 0 radical (unpaired) electrons. The van der Waals surface area contributed by atoms with Crippen LogP contribution < -0.4 is 5.73 Å². The summed E-state index contributed by atoms with van der Waals surface area (Å²) in [5, 5.41) is 0. The second kappa shape index (κ2) is 5.69. The summed E-state index contributed by atoms with van der Waals surface area (Å²) < 4.78 is 5.76. The van der Waals surface area contributed by atoms with Crippen molar-refractivity contribution in [3.63, 3.8) is 0 Å². The zero-order valence-corrected chi connectivity index (χ0v) is 11.0. The topological polar surface area (TPSA) is 42.4 Å². The quantitative estimate of drug-likeness (QED) is 0.825. The third kappa shape index (κ3) is 3.11. The predicted molar refractivity (Wildman–Crippen MR) is 69.6 cm³/mol. The van der Waals surface area contributed by atoms with Crippen molar-refractivity contribution in [1.82, 2.24) is 4.90 Å².